The zero-order valence-corrected chi connectivity index (χ0v) is 20.4. The number of ketones is 1. The molecule has 1 amide bonds. The van der Waals surface area contributed by atoms with E-state index >= 15 is 0 Å². The van der Waals surface area contributed by atoms with Gasteiger partial charge in [-0.2, -0.15) is 0 Å². The normalized spacial score (nSPS) is 43.4. The van der Waals surface area contributed by atoms with Crippen molar-refractivity contribution in [1.82, 2.24) is 10.6 Å². The van der Waals surface area contributed by atoms with Gasteiger partial charge < -0.3 is 10.6 Å². The van der Waals surface area contributed by atoms with Crippen LogP contribution in [0.25, 0.3) is 0 Å². The number of carbonyl (C=O) groups excluding carboxylic acids is 2. The molecule has 4 aliphatic carbocycles. The first-order valence-electron chi connectivity index (χ1n) is 12.5. The van der Waals surface area contributed by atoms with Gasteiger partial charge in [0.05, 0.1) is 5.70 Å². The van der Waals surface area contributed by atoms with Crippen molar-refractivity contribution in [3.63, 3.8) is 0 Å². The molecule has 0 saturated heterocycles. The average Bonchev–Trinajstić information content (AvgIpc) is 3.11. The summed E-state index contributed by atoms with van der Waals surface area (Å²) in [5, 5.41) is 6.44. The number of carbonyl (C=O) groups is 2. The minimum absolute atomic E-state index is 0.0396. The van der Waals surface area contributed by atoms with Crippen LogP contribution in [0.1, 0.15) is 79.6 Å². The molecule has 2 N–H and O–H groups in total. The largest absolute Gasteiger partial charge is 0.319 e. The first kappa shape index (κ1) is 22.8. The van der Waals surface area contributed by atoms with Crippen LogP contribution >= 0.6 is 0 Å². The Balaban J connectivity index is 1.56. The fraction of sp³-hybridized carbons (Fsp3) is 0.778. The molecule has 3 fully saturated rings. The second kappa shape index (κ2) is 8.17. The molecule has 0 radical (unpaired) electrons. The third kappa shape index (κ3) is 3.44. The van der Waals surface area contributed by atoms with Crippen molar-refractivity contribution in [3.8, 4) is 0 Å². The van der Waals surface area contributed by atoms with Gasteiger partial charge in [0.2, 0.25) is 0 Å². The van der Waals surface area contributed by atoms with Crippen molar-refractivity contribution in [1.29, 1.82) is 0 Å². The Kier molecular flexibility index (Phi) is 6.00. The highest BCUT2D eigenvalue weighted by molar-refractivity contribution is 6.04. The molecule has 172 valence electrons. The molecule has 8 atom stereocenters. The van der Waals surface area contributed by atoms with Gasteiger partial charge in [-0.15, -0.1) is 0 Å². The molecule has 4 rings (SSSR count). The molecule has 0 aromatic rings. The molecule has 4 heteroatoms. The van der Waals surface area contributed by atoms with Gasteiger partial charge in [0.1, 0.15) is 0 Å². The predicted molar refractivity (Wildman–Crippen MR) is 125 cm³/mol. The van der Waals surface area contributed by atoms with Gasteiger partial charge in [0, 0.05) is 17.5 Å². The zero-order valence-electron chi connectivity index (χ0n) is 20.4. The summed E-state index contributed by atoms with van der Waals surface area (Å²) in [6, 6.07) is 0.574. The van der Waals surface area contributed by atoms with Crippen LogP contribution in [0.3, 0.4) is 0 Å². The maximum Gasteiger partial charge on any atom is 0.251 e. The Hall–Kier alpha value is -1.42. The summed E-state index contributed by atoms with van der Waals surface area (Å²) in [5.41, 5.74) is 1.67. The third-order valence-corrected chi connectivity index (χ3v) is 10.4. The number of hydrogen-bond donors (Lipinski definition) is 2. The van der Waals surface area contributed by atoms with Crippen LogP contribution in [0.4, 0.5) is 0 Å². The maximum atomic E-state index is 13.4. The first-order chi connectivity index (χ1) is 14.7. The number of rotatable bonds is 4. The maximum absolute atomic E-state index is 13.4. The molecule has 4 aliphatic rings. The summed E-state index contributed by atoms with van der Waals surface area (Å²) >= 11 is 0. The van der Waals surface area contributed by atoms with Crippen molar-refractivity contribution in [3.05, 3.63) is 23.4 Å². The first-order valence-corrected chi connectivity index (χ1v) is 12.5. The van der Waals surface area contributed by atoms with E-state index in [1.165, 1.54) is 32.1 Å². The third-order valence-electron chi connectivity index (χ3n) is 10.4. The monoisotopic (exact) mass is 426 g/mol. The molecular formula is C27H42N2O2. The van der Waals surface area contributed by atoms with Crippen LogP contribution in [0.5, 0.6) is 0 Å². The average molecular weight is 427 g/mol. The Morgan fingerprint density at radius 2 is 1.84 bits per heavy atom. The van der Waals surface area contributed by atoms with Crippen molar-refractivity contribution in [2.45, 2.75) is 85.6 Å². The SMILES string of the molecule is C/C=C(\C)C(=O)NC1=CC[C@@]2(C)[C@@H](CC[C@@H]3[C@@H]2CC[C@]2(C)[C@@H]([C@H](C)NC)CC[C@@H]32)C1=O. The molecule has 0 bridgehead atoms. The van der Waals surface area contributed by atoms with Crippen molar-refractivity contribution in [2.24, 2.45) is 40.4 Å². The predicted octanol–water partition coefficient (Wildman–Crippen LogP) is 5.01. The smallest absolute Gasteiger partial charge is 0.251 e. The van der Waals surface area contributed by atoms with Crippen LogP contribution in [-0.2, 0) is 9.59 Å². The van der Waals surface area contributed by atoms with Gasteiger partial charge in [0.25, 0.3) is 5.91 Å². The van der Waals surface area contributed by atoms with E-state index in [-0.39, 0.29) is 23.0 Å². The lowest BCUT2D eigenvalue weighted by Crippen LogP contribution is -2.56. The van der Waals surface area contributed by atoms with Crippen LogP contribution in [-0.4, -0.2) is 24.8 Å². The lowest BCUT2D eigenvalue weighted by molar-refractivity contribution is -0.140. The topological polar surface area (TPSA) is 58.2 Å². The minimum Gasteiger partial charge on any atom is -0.319 e. The molecule has 4 nitrogen and oxygen atoms in total. The molecule has 3 saturated carbocycles. The highest BCUT2D eigenvalue weighted by Gasteiger charge is 2.61. The van der Waals surface area contributed by atoms with E-state index in [0.29, 0.717) is 28.6 Å². The van der Waals surface area contributed by atoms with Gasteiger partial charge in [-0.05, 0) is 107 Å². The molecule has 0 aromatic carbocycles. The molecular weight excluding hydrogens is 384 g/mol. The Bertz CT molecular complexity index is 814. The fourth-order valence-electron chi connectivity index (χ4n) is 8.32. The van der Waals surface area contributed by atoms with E-state index in [9.17, 15) is 9.59 Å². The summed E-state index contributed by atoms with van der Waals surface area (Å²) in [7, 11) is 2.10. The van der Waals surface area contributed by atoms with Crippen molar-refractivity contribution in [2.75, 3.05) is 7.05 Å². The van der Waals surface area contributed by atoms with Gasteiger partial charge in [-0.25, -0.2) is 0 Å². The molecule has 0 aliphatic heterocycles. The van der Waals surface area contributed by atoms with Crippen LogP contribution in [0, 0.1) is 40.4 Å². The summed E-state index contributed by atoms with van der Waals surface area (Å²) in [6.45, 7) is 11.0. The van der Waals surface area contributed by atoms with E-state index in [4.69, 9.17) is 0 Å². The molecule has 31 heavy (non-hydrogen) atoms. The number of fused-ring (bicyclic) bond motifs is 5. The number of Topliss-reactive ketones (excluding diaryl/α,β-unsaturated/α-hetero) is 1. The standard InChI is InChI=1S/C27H42N2O2/c1-7-16(2)25(31)29-23-13-15-27(5)21-12-14-26(4)19(17(3)28-6)10-11-20(26)18(21)8-9-22(27)24(23)30/h7,13,17-22,28H,8-12,14-15H2,1-6H3,(H,29,31)/b16-7+/t17-,18-,19+,20-,21-,22-,26+,27+/m0/s1. The van der Waals surface area contributed by atoms with Gasteiger partial charge in [-0.1, -0.05) is 26.0 Å². The van der Waals surface area contributed by atoms with E-state index in [0.717, 1.165) is 30.6 Å². The Labute approximate surface area is 188 Å². The number of nitrogens with one attached hydrogen (secondary N) is 2. The fourth-order valence-corrected chi connectivity index (χ4v) is 8.32. The highest BCUT2D eigenvalue weighted by atomic mass is 16.2. The van der Waals surface area contributed by atoms with E-state index < -0.39 is 0 Å². The number of hydrogen-bond acceptors (Lipinski definition) is 3. The summed E-state index contributed by atoms with van der Waals surface area (Å²) in [4.78, 5) is 25.8. The van der Waals surface area contributed by atoms with Gasteiger partial charge >= 0.3 is 0 Å². The Morgan fingerprint density at radius 1 is 1.13 bits per heavy atom. The molecule has 0 aromatic heterocycles. The highest BCUT2D eigenvalue weighted by Crippen LogP contribution is 2.67. The molecule has 0 unspecified atom stereocenters. The lowest BCUT2D eigenvalue weighted by atomic mass is 9.45. The van der Waals surface area contributed by atoms with Crippen molar-refractivity contribution < 1.29 is 9.59 Å². The molecule has 0 heterocycles. The second-order valence-corrected chi connectivity index (χ2v) is 11.4. The Morgan fingerprint density at radius 3 is 2.52 bits per heavy atom. The van der Waals surface area contributed by atoms with Gasteiger partial charge in [0.15, 0.2) is 5.78 Å². The van der Waals surface area contributed by atoms with E-state index in [1.54, 1.807) is 13.0 Å². The minimum atomic E-state index is -0.150. The molecule has 0 spiro atoms. The van der Waals surface area contributed by atoms with Crippen LogP contribution in [0.2, 0.25) is 0 Å². The lowest BCUT2D eigenvalue weighted by Gasteiger charge is -2.59. The summed E-state index contributed by atoms with van der Waals surface area (Å²) in [5.74, 6) is 3.01. The summed E-state index contributed by atoms with van der Waals surface area (Å²) in [6.07, 6.45) is 12.1. The van der Waals surface area contributed by atoms with Gasteiger partial charge in [-0.3, -0.25) is 9.59 Å². The van der Waals surface area contributed by atoms with E-state index in [1.807, 2.05) is 13.0 Å². The summed E-state index contributed by atoms with van der Waals surface area (Å²) < 4.78 is 0. The zero-order chi connectivity index (χ0) is 22.6. The number of amides is 1. The second-order valence-electron chi connectivity index (χ2n) is 11.4. The van der Waals surface area contributed by atoms with Crippen molar-refractivity contribution >= 4 is 11.7 Å². The number of allylic oxidation sites excluding steroid dienone is 3. The van der Waals surface area contributed by atoms with Crippen LogP contribution in [0.15, 0.2) is 23.4 Å². The van der Waals surface area contributed by atoms with E-state index in [2.05, 4.69) is 38.5 Å². The quantitative estimate of drug-likeness (QED) is 0.621. The van der Waals surface area contributed by atoms with Crippen LogP contribution < -0.4 is 10.6 Å².